The predicted molar refractivity (Wildman–Crippen MR) is 72.3 cm³/mol. The molecule has 1 nitrogen and oxygen atoms in total. The molecule has 4 unspecified atom stereocenters. The molecule has 3 rings (SSSR count). The summed E-state index contributed by atoms with van der Waals surface area (Å²) in [6, 6.07) is 5.66. The Kier molecular flexibility index (Phi) is 3.10. The normalized spacial score (nSPS) is 33.0. The highest BCUT2D eigenvalue weighted by atomic mass is 35.5. The SMILES string of the molecule is NC(c1cc(Cl)ccc1Cl)C1CC2CCC1C2. The lowest BCUT2D eigenvalue weighted by Gasteiger charge is -2.28. The van der Waals surface area contributed by atoms with Gasteiger partial charge in [-0.3, -0.25) is 0 Å². The smallest absolute Gasteiger partial charge is 0.0454 e. The van der Waals surface area contributed by atoms with Crippen molar-refractivity contribution in [2.45, 2.75) is 31.7 Å². The minimum Gasteiger partial charge on any atom is -0.324 e. The number of nitrogens with two attached hydrogens (primary N) is 1. The molecule has 17 heavy (non-hydrogen) atoms. The molecule has 0 amide bonds. The quantitative estimate of drug-likeness (QED) is 0.845. The first-order valence-electron chi connectivity index (χ1n) is 6.35. The molecule has 1 aromatic carbocycles. The minimum absolute atomic E-state index is 0.0523. The molecular formula is C14H17Cl2N. The van der Waals surface area contributed by atoms with E-state index in [9.17, 15) is 0 Å². The summed E-state index contributed by atoms with van der Waals surface area (Å²) in [5.41, 5.74) is 7.44. The van der Waals surface area contributed by atoms with E-state index in [0.29, 0.717) is 5.92 Å². The van der Waals surface area contributed by atoms with Gasteiger partial charge < -0.3 is 5.73 Å². The van der Waals surface area contributed by atoms with Crippen molar-refractivity contribution in [1.82, 2.24) is 0 Å². The van der Waals surface area contributed by atoms with Gasteiger partial charge in [-0.1, -0.05) is 29.6 Å². The summed E-state index contributed by atoms with van der Waals surface area (Å²) in [6.45, 7) is 0. The number of fused-ring (bicyclic) bond motifs is 2. The van der Waals surface area contributed by atoms with Crippen molar-refractivity contribution < 1.29 is 0 Å². The summed E-state index contributed by atoms with van der Waals surface area (Å²) in [5, 5.41) is 1.48. The van der Waals surface area contributed by atoms with Gasteiger partial charge in [0.1, 0.15) is 0 Å². The molecule has 0 aliphatic heterocycles. The molecule has 0 aromatic heterocycles. The van der Waals surface area contributed by atoms with Crippen molar-refractivity contribution in [1.29, 1.82) is 0 Å². The lowest BCUT2D eigenvalue weighted by atomic mass is 9.81. The van der Waals surface area contributed by atoms with Gasteiger partial charge in [-0.15, -0.1) is 0 Å². The maximum Gasteiger partial charge on any atom is 0.0454 e. The second-order valence-corrected chi connectivity index (χ2v) is 6.37. The molecule has 2 fully saturated rings. The minimum atomic E-state index is 0.0523. The first-order chi connectivity index (χ1) is 8.15. The second kappa shape index (κ2) is 4.46. The Balaban J connectivity index is 1.86. The molecule has 1 aromatic rings. The van der Waals surface area contributed by atoms with Gasteiger partial charge in [0.2, 0.25) is 0 Å². The zero-order valence-corrected chi connectivity index (χ0v) is 11.2. The van der Waals surface area contributed by atoms with E-state index < -0.39 is 0 Å². The van der Waals surface area contributed by atoms with Crippen LogP contribution in [0.15, 0.2) is 18.2 Å². The van der Waals surface area contributed by atoms with Crippen LogP contribution in [0.5, 0.6) is 0 Å². The van der Waals surface area contributed by atoms with Crippen LogP contribution in [-0.2, 0) is 0 Å². The largest absolute Gasteiger partial charge is 0.324 e. The predicted octanol–water partition coefficient (Wildman–Crippen LogP) is 4.43. The zero-order chi connectivity index (χ0) is 12.0. The Morgan fingerprint density at radius 1 is 1.18 bits per heavy atom. The third-order valence-electron chi connectivity index (χ3n) is 4.57. The highest BCUT2D eigenvalue weighted by molar-refractivity contribution is 6.33. The van der Waals surface area contributed by atoms with Crippen molar-refractivity contribution in [2.24, 2.45) is 23.5 Å². The van der Waals surface area contributed by atoms with E-state index in [2.05, 4.69) is 0 Å². The van der Waals surface area contributed by atoms with E-state index in [-0.39, 0.29) is 6.04 Å². The molecular weight excluding hydrogens is 253 g/mol. The molecule has 0 radical (unpaired) electrons. The molecule has 0 spiro atoms. The third-order valence-corrected chi connectivity index (χ3v) is 5.15. The first kappa shape index (κ1) is 11.8. The van der Waals surface area contributed by atoms with Gasteiger partial charge in [0.05, 0.1) is 0 Å². The monoisotopic (exact) mass is 269 g/mol. The summed E-state index contributed by atoms with van der Waals surface area (Å²) in [5.74, 6) is 2.32. The molecule has 2 aliphatic carbocycles. The van der Waals surface area contributed by atoms with E-state index in [1.54, 1.807) is 0 Å². The van der Waals surface area contributed by atoms with Gasteiger partial charge in [-0.2, -0.15) is 0 Å². The van der Waals surface area contributed by atoms with Gasteiger partial charge in [-0.25, -0.2) is 0 Å². The molecule has 0 heterocycles. The van der Waals surface area contributed by atoms with Crippen molar-refractivity contribution in [2.75, 3.05) is 0 Å². The molecule has 2 saturated carbocycles. The number of hydrogen-bond donors (Lipinski definition) is 1. The van der Waals surface area contributed by atoms with Gasteiger partial charge in [0.25, 0.3) is 0 Å². The Labute approximate surface area is 112 Å². The Hall–Kier alpha value is -0.240. The fraction of sp³-hybridized carbons (Fsp3) is 0.571. The number of benzene rings is 1. The maximum absolute atomic E-state index is 6.41. The van der Waals surface area contributed by atoms with Crippen LogP contribution in [-0.4, -0.2) is 0 Å². The van der Waals surface area contributed by atoms with Crippen LogP contribution in [0.25, 0.3) is 0 Å². The average molecular weight is 270 g/mol. The van der Waals surface area contributed by atoms with Crippen LogP contribution < -0.4 is 5.73 Å². The van der Waals surface area contributed by atoms with Gasteiger partial charge in [-0.05, 0) is 60.8 Å². The summed E-state index contributed by atoms with van der Waals surface area (Å²) in [6.07, 6.45) is 5.39. The molecule has 2 aliphatic rings. The second-order valence-electron chi connectivity index (χ2n) is 5.53. The Morgan fingerprint density at radius 2 is 2.00 bits per heavy atom. The van der Waals surface area contributed by atoms with E-state index in [4.69, 9.17) is 28.9 Å². The van der Waals surface area contributed by atoms with Gasteiger partial charge in [0, 0.05) is 16.1 Å². The van der Waals surface area contributed by atoms with Gasteiger partial charge in [0.15, 0.2) is 0 Å². The highest BCUT2D eigenvalue weighted by Gasteiger charge is 2.42. The van der Waals surface area contributed by atoms with Crippen molar-refractivity contribution in [3.05, 3.63) is 33.8 Å². The summed E-state index contributed by atoms with van der Waals surface area (Å²) in [7, 11) is 0. The third kappa shape index (κ3) is 2.09. The van der Waals surface area contributed by atoms with Crippen LogP contribution in [0.2, 0.25) is 10.0 Å². The Bertz CT molecular complexity index is 432. The summed E-state index contributed by atoms with van der Waals surface area (Å²) >= 11 is 12.3. The standard InChI is InChI=1S/C14H17Cl2N/c15-10-3-4-13(16)12(7-10)14(17)11-6-8-1-2-9(11)5-8/h3-4,7-9,11,14H,1-2,5-6,17H2. The highest BCUT2D eigenvalue weighted by Crippen LogP contribution is 2.52. The van der Waals surface area contributed by atoms with Crippen molar-refractivity contribution in [3.63, 3.8) is 0 Å². The summed E-state index contributed by atoms with van der Waals surface area (Å²) in [4.78, 5) is 0. The fourth-order valence-electron chi connectivity index (χ4n) is 3.73. The average Bonchev–Trinajstić information content (AvgIpc) is 2.93. The molecule has 3 heteroatoms. The van der Waals surface area contributed by atoms with Crippen molar-refractivity contribution >= 4 is 23.2 Å². The van der Waals surface area contributed by atoms with E-state index >= 15 is 0 Å². The van der Waals surface area contributed by atoms with Crippen LogP contribution in [0, 0.1) is 17.8 Å². The summed E-state index contributed by atoms with van der Waals surface area (Å²) < 4.78 is 0. The lowest BCUT2D eigenvalue weighted by molar-refractivity contribution is 0.284. The van der Waals surface area contributed by atoms with E-state index in [1.165, 1.54) is 25.7 Å². The molecule has 2 bridgehead atoms. The molecule has 4 atom stereocenters. The van der Waals surface area contributed by atoms with Gasteiger partial charge >= 0.3 is 0 Å². The van der Waals surface area contributed by atoms with Crippen LogP contribution >= 0.6 is 23.2 Å². The fourth-order valence-corrected chi connectivity index (χ4v) is 4.16. The van der Waals surface area contributed by atoms with Crippen LogP contribution in [0.4, 0.5) is 0 Å². The van der Waals surface area contributed by atoms with E-state index in [1.807, 2.05) is 18.2 Å². The molecule has 0 saturated heterocycles. The topological polar surface area (TPSA) is 26.0 Å². The lowest BCUT2D eigenvalue weighted by Crippen LogP contribution is -2.26. The molecule has 2 N–H and O–H groups in total. The maximum atomic E-state index is 6.41. The zero-order valence-electron chi connectivity index (χ0n) is 9.70. The van der Waals surface area contributed by atoms with Crippen LogP contribution in [0.3, 0.4) is 0 Å². The number of halogens is 2. The number of hydrogen-bond acceptors (Lipinski definition) is 1. The number of rotatable bonds is 2. The van der Waals surface area contributed by atoms with Crippen molar-refractivity contribution in [3.8, 4) is 0 Å². The van der Waals surface area contributed by atoms with E-state index in [0.717, 1.165) is 27.4 Å². The Morgan fingerprint density at radius 3 is 2.65 bits per heavy atom. The first-order valence-corrected chi connectivity index (χ1v) is 7.11. The molecule has 92 valence electrons. The van der Waals surface area contributed by atoms with Crippen LogP contribution in [0.1, 0.15) is 37.3 Å².